The Hall–Kier alpha value is -3.41. The molecule has 0 amide bonds. The van der Waals surface area contributed by atoms with Crippen molar-refractivity contribution in [3.05, 3.63) is 47.0 Å². The number of benzene rings is 3. The Morgan fingerprint density at radius 1 is 0.857 bits per heavy atom. The number of methoxy groups -OCH3 is 2. The molecule has 0 fully saturated rings. The second-order valence-corrected chi connectivity index (χ2v) is 6.75. The van der Waals surface area contributed by atoms with Gasteiger partial charge in [0.05, 0.1) is 19.8 Å². The molecule has 3 aromatic carbocycles. The molecule has 2 heterocycles. The molecule has 0 atom stereocenters. The Morgan fingerprint density at radius 3 is 2.32 bits per heavy atom. The molecular formula is C22H18O6. The van der Waals surface area contributed by atoms with Crippen molar-refractivity contribution in [3.63, 3.8) is 0 Å². The minimum atomic E-state index is -0.317. The van der Waals surface area contributed by atoms with Gasteiger partial charge in [0, 0.05) is 11.1 Å². The third-order valence-electron chi connectivity index (χ3n) is 5.41. The normalized spacial score (nSPS) is 14.2. The minimum absolute atomic E-state index is 0.193. The van der Waals surface area contributed by atoms with E-state index in [0.29, 0.717) is 28.6 Å². The minimum Gasteiger partial charge on any atom is -0.493 e. The van der Waals surface area contributed by atoms with Gasteiger partial charge in [-0.1, -0.05) is 6.07 Å². The van der Waals surface area contributed by atoms with Crippen LogP contribution in [0.25, 0.3) is 21.9 Å². The lowest BCUT2D eigenvalue weighted by Crippen LogP contribution is -2.01. The van der Waals surface area contributed by atoms with Crippen LogP contribution in [0.5, 0.6) is 23.0 Å². The summed E-state index contributed by atoms with van der Waals surface area (Å²) >= 11 is 0. The van der Waals surface area contributed by atoms with Gasteiger partial charge in [-0.15, -0.1) is 0 Å². The van der Waals surface area contributed by atoms with Gasteiger partial charge in [-0.25, -0.2) is 4.79 Å². The fourth-order valence-electron chi connectivity index (χ4n) is 4.00. The van der Waals surface area contributed by atoms with Crippen LogP contribution in [0, 0.1) is 6.92 Å². The standard InChI is InChI=1S/C22H18O6/c1-11-13-7-17(24-2)18(25-3)8-14(13)20(21-15(11)9-26-22(21)23)12-4-5-16-19(6-12)28-10-27-16/h4-8H,9-10H2,1-3H3. The number of rotatable bonds is 3. The van der Waals surface area contributed by atoms with Crippen molar-refractivity contribution in [1.82, 2.24) is 0 Å². The predicted octanol–water partition coefficient (Wildman–Crippen LogP) is 4.23. The molecule has 142 valence electrons. The number of fused-ring (bicyclic) bond motifs is 3. The van der Waals surface area contributed by atoms with Crippen molar-refractivity contribution in [2.45, 2.75) is 13.5 Å². The number of aryl methyl sites for hydroxylation is 1. The summed E-state index contributed by atoms with van der Waals surface area (Å²) in [4.78, 5) is 12.6. The maximum absolute atomic E-state index is 12.6. The molecule has 5 rings (SSSR count). The lowest BCUT2D eigenvalue weighted by atomic mass is 9.87. The highest BCUT2D eigenvalue weighted by Gasteiger charge is 2.31. The van der Waals surface area contributed by atoms with Gasteiger partial charge in [-0.05, 0) is 53.1 Å². The number of hydrogen-bond donors (Lipinski definition) is 0. The van der Waals surface area contributed by atoms with E-state index in [4.69, 9.17) is 23.7 Å². The summed E-state index contributed by atoms with van der Waals surface area (Å²) in [5.41, 5.74) is 4.16. The van der Waals surface area contributed by atoms with Crippen LogP contribution in [0.1, 0.15) is 21.5 Å². The van der Waals surface area contributed by atoms with E-state index in [2.05, 4.69) is 0 Å². The molecule has 0 unspecified atom stereocenters. The molecule has 2 aliphatic heterocycles. The number of cyclic esters (lactones) is 1. The van der Waals surface area contributed by atoms with Crippen LogP contribution < -0.4 is 18.9 Å². The summed E-state index contributed by atoms with van der Waals surface area (Å²) in [7, 11) is 3.20. The SMILES string of the molecule is COc1cc2c(C)c3c(c(-c4ccc5c(c4)OCO5)c2cc1OC)C(=O)OC3. The third-order valence-corrected chi connectivity index (χ3v) is 5.41. The summed E-state index contributed by atoms with van der Waals surface area (Å²) in [6.45, 7) is 2.46. The van der Waals surface area contributed by atoms with E-state index in [1.807, 2.05) is 37.3 Å². The first-order chi connectivity index (χ1) is 13.6. The molecule has 0 bridgehead atoms. The molecule has 28 heavy (non-hydrogen) atoms. The molecule has 0 aliphatic carbocycles. The Labute approximate surface area is 161 Å². The van der Waals surface area contributed by atoms with Crippen LogP contribution in [0.2, 0.25) is 0 Å². The van der Waals surface area contributed by atoms with E-state index < -0.39 is 0 Å². The lowest BCUT2D eigenvalue weighted by molar-refractivity contribution is 0.0535. The number of esters is 1. The van der Waals surface area contributed by atoms with E-state index >= 15 is 0 Å². The number of hydrogen-bond acceptors (Lipinski definition) is 6. The van der Waals surface area contributed by atoms with Gasteiger partial charge in [-0.2, -0.15) is 0 Å². The van der Waals surface area contributed by atoms with E-state index in [0.717, 1.165) is 33.0 Å². The third kappa shape index (κ3) is 2.24. The second kappa shape index (κ2) is 6.05. The van der Waals surface area contributed by atoms with Gasteiger partial charge < -0.3 is 23.7 Å². The Balaban J connectivity index is 1.90. The van der Waals surface area contributed by atoms with Crippen LogP contribution in [0.3, 0.4) is 0 Å². The average Bonchev–Trinajstić information content (AvgIpc) is 3.34. The fourth-order valence-corrected chi connectivity index (χ4v) is 4.00. The number of ether oxygens (including phenoxy) is 5. The molecule has 0 saturated heterocycles. The molecule has 6 heteroatoms. The first-order valence-corrected chi connectivity index (χ1v) is 8.90. The van der Waals surface area contributed by atoms with E-state index in [-0.39, 0.29) is 19.4 Å². The quantitative estimate of drug-likeness (QED) is 0.636. The van der Waals surface area contributed by atoms with Crippen LogP contribution in [0.15, 0.2) is 30.3 Å². The molecule has 6 nitrogen and oxygen atoms in total. The molecule has 0 aromatic heterocycles. The highest BCUT2D eigenvalue weighted by atomic mass is 16.7. The van der Waals surface area contributed by atoms with Gasteiger partial charge in [-0.3, -0.25) is 0 Å². The lowest BCUT2D eigenvalue weighted by Gasteiger charge is -2.17. The zero-order valence-corrected chi connectivity index (χ0v) is 15.8. The monoisotopic (exact) mass is 378 g/mol. The molecule has 2 aliphatic rings. The van der Waals surface area contributed by atoms with Gasteiger partial charge in [0.1, 0.15) is 6.61 Å². The fraction of sp³-hybridized carbons (Fsp3) is 0.227. The average molecular weight is 378 g/mol. The Morgan fingerprint density at radius 2 is 1.57 bits per heavy atom. The van der Waals surface area contributed by atoms with Crippen molar-refractivity contribution in [3.8, 4) is 34.1 Å². The van der Waals surface area contributed by atoms with Crippen LogP contribution >= 0.6 is 0 Å². The summed E-state index contributed by atoms with van der Waals surface area (Å²) in [5.74, 6) is 2.27. The summed E-state index contributed by atoms with van der Waals surface area (Å²) in [6.07, 6.45) is 0. The first-order valence-electron chi connectivity index (χ1n) is 8.90. The highest BCUT2D eigenvalue weighted by Crippen LogP contribution is 2.46. The first kappa shape index (κ1) is 16.7. The van der Waals surface area contributed by atoms with Crippen molar-refractivity contribution in [1.29, 1.82) is 0 Å². The molecule has 0 spiro atoms. The smallest absolute Gasteiger partial charge is 0.339 e. The summed E-state index contributed by atoms with van der Waals surface area (Å²) < 4.78 is 27.3. The summed E-state index contributed by atoms with van der Waals surface area (Å²) in [5, 5.41) is 1.88. The predicted molar refractivity (Wildman–Crippen MR) is 102 cm³/mol. The zero-order chi connectivity index (χ0) is 19.4. The van der Waals surface area contributed by atoms with Crippen molar-refractivity contribution in [2.24, 2.45) is 0 Å². The molecule has 0 saturated carbocycles. The highest BCUT2D eigenvalue weighted by molar-refractivity contribution is 6.12. The van der Waals surface area contributed by atoms with E-state index in [1.165, 1.54) is 0 Å². The molecular weight excluding hydrogens is 360 g/mol. The topological polar surface area (TPSA) is 63.2 Å². The van der Waals surface area contributed by atoms with Gasteiger partial charge in [0.25, 0.3) is 0 Å². The second-order valence-electron chi connectivity index (χ2n) is 6.75. The van der Waals surface area contributed by atoms with Crippen molar-refractivity contribution in [2.75, 3.05) is 21.0 Å². The van der Waals surface area contributed by atoms with Crippen LogP contribution in [-0.2, 0) is 11.3 Å². The van der Waals surface area contributed by atoms with Gasteiger partial charge in [0.2, 0.25) is 6.79 Å². The maximum Gasteiger partial charge on any atom is 0.339 e. The Bertz CT molecular complexity index is 1150. The van der Waals surface area contributed by atoms with E-state index in [1.54, 1.807) is 14.2 Å². The molecule has 0 radical (unpaired) electrons. The van der Waals surface area contributed by atoms with Crippen molar-refractivity contribution >= 4 is 16.7 Å². The van der Waals surface area contributed by atoms with E-state index in [9.17, 15) is 4.79 Å². The van der Waals surface area contributed by atoms with Crippen molar-refractivity contribution < 1.29 is 28.5 Å². The largest absolute Gasteiger partial charge is 0.493 e. The zero-order valence-electron chi connectivity index (χ0n) is 15.8. The van der Waals surface area contributed by atoms with Crippen LogP contribution in [0.4, 0.5) is 0 Å². The van der Waals surface area contributed by atoms with Gasteiger partial charge >= 0.3 is 5.97 Å². The maximum atomic E-state index is 12.6. The summed E-state index contributed by atoms with van der Waals surface area (Å²) in [6, 6.07) is 9.54. The molecule has 0 N–H and O–H groups in total. The number of carbonyl (C=O) groups excluding carboxylic acids is 1. The number of carbonyl (C=O) groups is 1. The Kier molecular flexibility index (Phi) is 3.62. The van der Waals surface area contributed by atoms with Gasteiger partial charge in [0.15, 0.2) is 23.0 Å². The molecule has 3 aromatic rings. The van der Waals surface area contributed by atoms with Crippen LogP contribution in [-0.4, -0.2) is 27.0 Å².